The van der Waals surface area contributed by atoms with E-state index in [0.29, 0.717) is 11.4 Å². The molecule has 1 amide bonds. The number of hydrogen-bond acceptors (Lipinski definition) is 3. The van der Waals surface area contributed by atoms with E-state index in [4.69, 9.17) is 4.74 Å². The molecule has 6 nitrogen and oxygen atoms in total. The van der Waals surface area contributed by atoms with Crippen LogP contribution in [-0.4, -0.2) is 21.4 Å². The van der Waals surface area contributed by atoms with Crippen LogP contribution in [0.25, 0.3) is 5.69 Å². The highest BCUT2D eigenvalue weighted by Gasteiger charge is 2.22. The highest BCUT2D eigenvalue weighted by molar-refractivity contribution is 5.94. The zero-order valence-corrected chi connectivity index (χ0v) is 16.8. The third-order valence-corrected chi connectivity index (χ3v) is 4.68. The lowest BCUT2D eigenvalue weighted by molar-refractivity contribution is -0.122. The van der Waals surface area contributed by atoms with Crippen molar-refractivity contribution in [2.75, 3.05) is 5.32 Å². The van der Waals surface area contributed by atoms with E-state index in [2.05, 4.69) is 5.32 Å². The van der Waals surface area contributed by atoms with E-state index >= 15 is 0 Å². The third kappa shape index (κ3) is 3.86. The topological polar surface area (TPSA) is 65.3 Å². The largest absolute Gasteiger partial charge is 0.481 e. The van der Waals surface area contributed by atoms with Crippen LogP contribution in [-0.2, 0) is 11.8 Å². The van der Waals surface area contributed by atoms with Crippen molar-refractivity contribution in [2.45, 2.75) is 33.8 Å². The van der Waals surface area contributed by atoms with Gasteiger partial charge in [-0.05, 0) is 63.1 Å². The van der Waals surface area contributed by atoms with Crippen molar-refractivity contribution in [1.82, 2.24) is 9.36 Å². The van der Waals surface area contributed by atoms with Crippen molar-refractivity contribution in [1.29, 1.82) is 0 Å². The number of para-hydroxylation sites is 1. The van der Waals surface area contributed by atoms with Crippen LogP contribution in [0.1, 0.15) is 23.7 Å². The predicted molar refractivity (Wildman–Crippen MR) is 110 cm³/mol. The van der Waals surface area contributed by atoms with Crippen LogP contribution in [0.5, 0.6) is 5.75 Å². The number of carbonyl (C=O) groups is 1. The molecule has 3 aromatic rings. The first-order chi connectivity index (χ1) is 13.3. The second-order valence-electron chi connectivity index (χ2n) is 7.01. The Morgan fingerprint density at radius 2 is 1.64 bits per heavy atom. The van der Waals surface area contributed by atoms with Gasteiger partial charge in [0, 0.05) is 7.05 Å². The van der Waals surface area contributed by atoms with Gasteiger partial charge >= 0.3 is 0 Å². The number of anilines is 1. The van der Waals surface area contributed by atoms with Gasteiger partial charge in [0.1, 0.15) is 11.4 Å². The number of hydrogen-bond donors (Lipinski definition) is 1. The summed E-state index contributed by atoms with van der Waals surface area (Å²) in [6.07, 6.45) is -0.745. The molecule has 1 atom stereocenters. The average Bonchev–Trinajstić information content (AvgIpc) is 2.85. The molecule has 0 aliphatic rings. The van der Waals surface area contributed by atoms with E-state index in [1.54, 1.807) is 25.6 Å². The molecule has 0 fully saturated rings. The molecule has 0 bridgehead atoms. The fourth-order valence-corrected chi connectivity index (χ4v) is 3.20. The molecule has 0 saturated heterocycles. The van der Waals surface area contributed by atoms with Gasteiger partial charge in [0.25, 0.3) is 11.5 Å². The zero-order chi connectivity index (χ0) is 20.4. The first-order valence-corrected chi connectivity index (χ1v) is 9.17. The molecule has 146 valence electrons. The summed E-state index contributed by atoms with van der Waals surface area (Å²) in [5, 5.41) is 2.74. The SMILES string of the molecule is Cc1cc(C)cc(OC(C)C(=O)Nc2c(C)n(C)n(-c3ccccc3)c2=O)c1. The van der Waals surface area contributed by atoms with Gasteiger partial charge in [0.15, 0.2) is 6.10 Å². The molecule has 3 rings (SSSR count). The molecule has 0 aliphatic carbocycles. The van der Waals surface area contributed by atoms with Gasteiger partial charge in [-0.3, -0.25) is 14.3 Å². The van der Waals surface area contributed by atoms with Crippen molar-refractivity contribution < 1.29 is 9.53 Å². The second-order valence-corrected chi connectivity index (χ2v) is 7.01. The highest BCUT2D eigenvalue weighted by atomic mass is 16.5. The summed E-state index contributed by atoms with van der Waals surface area (Å²) in [5.41, 5.74) is 3.50. The minimum absolute atomic E-state index is 0.257. The minimum atomic E-state index is -0.745. The summed E-state index contributed by atoms with van der Waals surface area (Å²) in [7, 11) is 1.79. The van der Waals surface area contributed by atoms with Gasteiger partial charge in [-0.15, -0.1) is 0 Å². The van der Waals surface area contributed by atoms with Gasteiger partial charge in [0.2, 0.25) is 0 Å². The van der Waals surface area contributed by atoms with E-state index in [-0.39, 0.29) is 17.2 Å². The Kier molecular flexibility index (Phi) is 5.40. The van der Waals surface area contributed by atoms with Gasteiger partial charge in [-0.1, -0.05) is 24.3 Å². The van der Waals surface area contributed by atoms with Crippen LogP contribution in [0.3, 0.4) is 0 Å². The maximum atomic E-state index is 12.9. The quantitative estimate of drug-likeness (QED) is 0.738. The van der Waals surface area contributed by atoms with Crippen molar-refractivity contribution in [3.63, 3.8) is 0 Å². The van der Waals surface area contributed by atoms with E-state index in [1.165, 1.54) is 4.68 Å². The fraction of sp³-hybridized carbons (Fsp3) is 0.273. The van der Waals surface area contributed by atoms with Gasteiger partial charge in [0.05, 0.1) is 11.4 Å². The third-order valence-electron chi connectivity index (χ3n) is 4.68. The van der Waals surface area contributed by atoms with Gasteiger partial charge < -0.3 is 10.1 Å². The Morgan fingerprint density at radius 1 is 1.04 bits per heavy atom. The molecular formula is C22H25N3O3. The van der Waals surface area contributed by atoms with E-state index < -0.39 is 6.10 Å². The molecule has 0 spiro atoms. The summed E-state index contributed by atoms with van der Waals surface area (Å²) in [4.78, 5) is 25.6. The Hall–Kier alpha value is -3.28. The van der Waals surface area contributed by atoms with Crippen LogP contribution in [0.2, 0.25) is 0 Å². The first kappa shape index (κ1) is 19.5. The van der Waals surface area contributed by atoms with Crippen LogP contribution in [0, 0.1) is 20.8 Å². The molecule has 0 radical (unpaired) electrons. The molecular weight excluding hydrogens is 354 g/mol. The fourth-order valence-electron chi connectivity index (χ4n) is 3.20. The number of aromatic nitrogens is 2. The molecule has 1 aromatic heterocycles. The van der Waals surface area contributed by atoms with E-state index in [1.807, 2.05) is 62.4 Å². The number of rotatable bonds is 5. The predicted octanol–water partition coefficient (Wildman–Crippen LogP) is 3.51. The van der Waals surface area contributed by atoms with Crippen LogP contribution >= 0.6 is 0 Å². The summed E-state index contributed by atoms with van der Waals surface area (Å²) in [6.45, 7) is 7.42. The number of ether oxygens (including phenoxy) is 1. The Morgan fingerprint density at radius 3 is 2.25 bits per heavy atom. The lowest BCUT2D eigenvalue weighted by Crippen LogP contribution is -2.32. The molecule has 6 heteroatoms. The van der Waals surface area contributed by atoms with Gasteiger partial charge in [-0.2, -0.15) is 0 Å². The number of nitrogens with one attached hydrogen (secondary N) is 1. The molecule has 0 aliphatic heterocycles. The number of amides is 1. The number of benzene rings is 2. The smallest absolute Gasteiger partial charge is 0.295 e. The number of nitrogens with zero attached hydrogens (tertiary/aromatic N) is 2. The monoisotopic (exact) mass is 379 g/mol. The second kappa shape index (κ2) is 7.76. The first-order valence-electron chi connectivity index (χ1n) is 9.17. The Labute approximate surface area is 164 Å². The van der Waals surface area contributed by atoms with Crippen LogP contribution in [0.4, 0.5) is 5.69 Å². The standard InChI is InChI=1S/C22H25N3O3/c1-14-11-15(2)13-19(12-14)28-17(4)21(26)23-20-16(3)24(5)25(22(20)27)18-9-7-6-8-10-18/h6-13,17H,1-5H3,(H,23,26). The van der Waals surface area contributed by atoms with Crippen LogP contribution in [0.15, 0.2) is 53.3 Å². The Balaban J connectivity index is 1.83. The van der Waals surface area contributed by atoms with Crippen molar-refractivity contribution in [3.8, 4) is 11.4 Å². The summed E-state index contributed by atoms with van der Waals surface area (Å²) in [6, 6.07) is 15.1. The average molecular weight is 379 g/mol. The molecule has 28 heavy (non-hydrogen) atoms. The van der Waals surface area contributed by atoms with Crippen molar-refractivity contribution in [2.24, 2.45) is 7.05 Å². The molecule has 1 unspecified atom stereocenters. The Bertz CT molecular complexity index is 1040. The highest BCUT2D eigenvalue weighted by Crippen LogP contribution is 2.19. The number of aryl methyl sites for hydroxylation is 2. The van der Waals surface area contributed by atoms with Crippen molar-refractivity contribution >= 4 is 11.6 Å². The molecule has 0 saturated carbocycles. The summed E-state index contributed by atoms with van der Waals surface area (Å²) >= 11 is 0. The maximum absolute atomic E-state index is 12.9. The van der Waals surface area contributed by atoms with Crippen molar-refractivity contribution in [3.05, 3.63) is 75.7 Å². The lowest BCUT2D eigenvalue weighted by Gasteiger charge is -2.15. The number of carbonyl (C=O) groups excluding carboxylic acids is 1. The zero-order valence-electron chi connectivity index (χ0n) is 16.8. The lowest BCUT2D eigenvalue weighted by atomic mass is 10.1. The minimum Gasteiger partial charge on any atom is -0.481 e. The van der Waals surface area contributed by atoms with E-state index in [9.17, 15) is 9.59 Å². The summed E-state index contributed by atoms with van der Waals surface area (Å²) < 4.78 is 9.04. The van der Waals surface area contributed by atoms with Crippen LogP contribution < -0.4 is 15.6 Å². The summed E-state index contributed by atoms with van der Waals surface area (Å²) in [5.74, 6) is 0.261. The van der Waals surface area contributed by atoms with Gasteiger partial charge in [-0.25, -0.2) is 4.68 Å². The molecule has 2 aromatic carbocycles. The molecule has 1 N–H and O–H groups in total. The van der Waals surface area contributed by atoms with E-state index in [0.717, 1.165) is 16.8 Å². The normalized spacial score (nSPS) is 11.9. The maximum Gasteiger partial charge on any atom is 0.295 e. The molecule has 1 heterocycles.